The molecule has 1 amide bonds. The zero-order chi connectivity index (χ0) is 19.8. The number of nitrogens with one attached hydrogen (secondary N) is 2. The minimum atomic E-state index is -0.541. The number of nitrogens with two attached hydrogens (primary N) is 1. The Morgan fingerprint density at radius 2 is 1.86 bits per heavy atom. The number of carbonyl (C=O) groups excluding carboxylic acids is 1. The molecule has 0 spiro atoms. The van der Waals surface area contributed by atoms with Gasteiger partial charge in [0.1, 0.15) is 5.75 Å². The molecule has 162 valence electrons. The highest BCUT2D eigenvalue weighted by molar-refractivity contribution is 6.32. The SMILES string of the molecule is CC[C@@H](NC(C)C(=O)NCCN)c1ccc(Cl)c(Oc2ccccc2)c1F.Cl.Cl. The number of benzene rings is 2. The summed E-state index contributed by atoms with van der Waals surface area (Å²) < 4.78 is 20.8. The fourth-order valence-corrected chi connectivity index (χ4v) is 2.85. The van der Waals surface area contributed by atoms with Crippen LogP contribution in [0.1, 0.15) is 31.9 Å². The quantitative estimate of drug-likeness (QED) is 0.504. The smallest absolute Gasteiger partial charge is 0.236 e. The monoisotopic (exact) mass is 465 g/mol. The Bertz CT molecular complexity index is 766. The standard InChI is InChI=1S/C20H25ClFN3O2.2ClH/c1-3-17(25-13(2)20(26)24-12-11-23)15-9-10-16(21)19(18(15)22)27-14-7-5-4-6-8-14;;/h4-10,13,17,25H,3,11-12,23H2,1-2H3,(H,24,26);2*1H/t13?,17-;;/m1../s1. The lowest BCUT2D eigenvalue weighted by Crippen LogP contribution is -2.45. The second-order valence-corrected chi connectivity index (χ2v) is 6.53. The van der Waals surface area contributed by atoms with Crippen LogP contribution in [0.25, 0.3) is 0 Å². The third kappa shape index (κ3) is 7.64. The van der Waals surface area contributed by atoms with Crippen LogP contribution in [0, 0.1) is 5.82 Å². The van der Waals surface area contributed by atoms with Crippen molar-refractivity contribution in [2.75, 3.05) is 13.1 Å². The number of carbonyl (C=O) groups is 1. The molecule has 0 saturated heterocycles. The number of rotatable bonds is 9. The Hall–Kier alpha value is -1.57. The van der Waals surface area contributed by atoms with E-state index in [4.69, 9.17) is 22.1 Å². The predicted molar refractivity (Wildman–Crippen MR) is 120 cm³/mol. The average molecular weight is 467 g/mol. The highest BCUT2D eigenvalue weighted by Gasteiger charge is 2.23. The predicted octanol–water partition coefficient (Wildman–Crippen LogP) is 4.62. The highest BCUT2D eigenvalue weighted by Crippen LogP contribution is 2.36. The summed E-state index contributed by atoms with van der Waals surface area (Å²) in [5.74, 6) is -0.263. The van der Waals surface area contributed by atoms with Gasteiger partial charge in [-0.25, -0.2) is 4.39 Å². The van der Waals surface area contributed by atoms with Crippen molar-refractivity contribution < 1.29 is 13.9 Å². The zero-order valence-corrected chi connectivity index (χ0v) is 18.7. The summed E-state index contributed by atoms with van der Waals surface area (Å²) in [6.45, 7) is 4.39. The van der Waals surface area contributed by atoms with Gasteiger partial charge in [0.2, 0.25) is 5.91 Å². The number of hydrogen-bond acceptors (Lipinski definition) is 4. The van der Waals surface area contributed by atoms with Gasteiger partial charge in [0, 0.05) is 24.7 Å². The fourth-order valence-electron chi connectivity index (χ4n) is 2.67. The van der Waals surface area contributed by atoms with E-state index in [0.29, 0.717) is 30.8 Å². The number of amides is 1. The highest BCUT2D eigenvalue weighted by atomic mass is 35.5. The molecule has 0 aliphatic heterocycles. The van der Waals surface area contributed by atoms with Crippen molar-refractivity contribution in [2.45, 2.75) is 32.4 Å². The molecule has 0 aliphatic rings. The third-order valence-electron chi connectivity index (χ3n) is 4.11. The largest absolute Gasteiger partial charge is 0.453 e. The van der Waals surface area contributed by atoms with E-state index in [-0.39, 0.29) is 47.5 Å². The van der Waals surface area contributed by atoms with Crippen LogP contribution in [0.4, 0.5) is 4.39 Å². The summed E-state index contributed by atoms with van der Waals surface area (Å²) in [5, 5.41) is 6.05. The van der Waals surface area contributed by atoms with Crippen molar-refractivity contribution in [1.82, 2.24) is 10.6 Å². The minimum absolute atomic E-state index is 0. The van der Waals surface area contributed by atoms with Crippen LogP contribution in [-0.2, 0) is 4.79 Å². The summed E-state index contributed by atoms with van der Waals surface area (Å²) in [6.07, 6.45) is 0.581. The first-order chi connectivity index (χ1) is 13.0. The second kappa shape index (κ2) is 13.6. The lowest BCUT2D eigenvalue weighted by atomic mass is 10.0. The molecule has 9 heteroatoms. The van der Waals surface area contributed by atoms with Crippen LogP contribution >= 0.6 is 36.4 Å². The molecule has 0 fully saturated rings. The lowest BCUT2D eigenvalue weighted by Gasteiger charge is -2.23. The van der Waals surface area contributed by atoms with Crippen LogP contribution in [0.15, 0.2) is 42.5 Å². The van der Waals surface area contributed by atoms with E-state index in [9.17, 15) is 4.79 Å². The third-order valence-corrected chi connectivity index (χ3v) is 4.41. The molecule has 2 aromatic carbocycles. The zero-order valence-electron chi connectivity index (χ0n) is 16.3. The Balaban J connectivity index is 0.00000392. The molecule has 0 aromatic heterocycles. The number of hydrogen-bond donors (Lipinski definition) is 3. The fraction of sp³-hybridized carbons (Fsp3) is 0.350. The Morgan fingerprint density at radius 3 is 2.45 bits per heavy atom. The molecular weight excluding hydrogens is 440 g/mol. The summed E-state index contributed by atoms with van der Waals surface area (Å²) in [5.41, 5.74) is 5.79. The van der Waals surface area contributed by atoms with E-state index in [1.54, 1.807) is 43.3 Å². The first kappa shape index (κ1) is 27.4. The minimum Gasteiger partial charge on any atom is -0.453 e. The molecule has 0 aliphatic carbocycles. The van der Waals surface area contributed by atoms with Gasteiger partial charge in [0.25, 0.3) is 0 Å². The van der Waals surface area contributed by atoms with Crippen molar-refractivity contribution in [3.05, 3.63) is 58.9 Å². The van der Waals surface area contributed by atoms with Crippen molar-refractivity contribution >= 4 is 42.3 Å². The van der Waals surface area contributed by atoms with Crippen LogP contribution in [0.3, 0.4) is 0 Å². The van der Waals surface area contributed by atoms with Crippen LogP contribution in [0.2, 0.25) is 5.02 Å². The molecule has 0 radical (unpaired) electrons. The maximum Gasteiger partial charge on any atom is 0.236 e. The normalized spacial score (nSPS) is 12.2. The van der Waals surface area contributed by atoms with Gasteiger partial charge in [-0.15, -0.1) is 24.8 Å². The van der Waals surface area contributed by atoms with Gasteiger partial charge < -0.3 is 15.8 Å². The van der Waals surface area contributed by atoms with Crippen molar-refractivity contribution in [3.63, 3.8) is 0 Å². The van der Waals surface area contributed by atoms with E-state index in [1.165, 1.54) is 0 Å². The summed E-state index contributed by atoms with van der Waals surface area (Å²) >= 11 is 6.15. The topological polar surface area (TPSA) is 76.4 Å². The molecule has 0 bridgehead atoms. The first-order valence-electron chi connectivity index (χ1n) is 8.92. The van der Waals surface area contributed by atoms with Gasteiger partial charge in [-0.2, -0.15) is 0 Å². The maximum absolute atomic E-state index is 15.1. The van der Waals surface area contributed by atoms with E-state index in [1.807, 2.05) is 13.0 Å². The molecule has 2 rings (SSSR count). The van der Waals surface area contributed by atoms with Crippen molar-refractivity contribution in [3.8, 4) is 11.5 Å². The van der Waals surface area contributed by atoms with E-state index >= 15 is 4.39 Å². The first-order valence-corrected chi connectivity index (χ1v) is 9.30. The molecular formula is C20H27Cl3FN3O2. The molecule has 5 nitrogen and oxygen atoms in total. The average Bonchev–Trinajstić information content (AvgIpc) is 2.68. The van der Waals surface area contributed by atoms with Crippen LogP contribution in [0.5, 0.6) is 11.5 Å². The van der Waals surface area contributed by atoms with Gasteiger partial charge in [0.05, 0.1) is 11.1 Å². The molecule has 4 N–H and O–H groups in total. The van der Waals surface area contributed by atoms with Gasteiger partial charge >= 0.3 is 0 Å². The second-order valence-electron chi connectivity index (χ2n) is 6.12. The number of halogens is 4. The van der Waals surface area contributed by atoms with E-state index in [0.717, 1.165) is 0 Å². The lowest BCUT2D eigenvalue weighted by molar-refractivity contribution is -0.122. The molecule has 0 heterocycles. The molecule has 2 atom stereocenters. The van der Waals surface area contributed by atoms with E-state index < -0.39 is 11.9 Å². The molecule has 2 aromatic rings. The van der Waals surface area contributed by atoms with Crippen LogP contribution in [-0.4, -0.2) is 25.0 Å². The molecule has 0 saturated carbocycles. The van der Waals surface area contributed by atoms with Crippen molar-refractivity contribution in [1.29, 1.82) is 0 Å². The van der Waals surface area contributed by atoms with Gasteiger partial charge in [-0.1, -0.05) is 42.8 Å². The van der Waals surface area contributed by atoms with Gasteiger partial charge in [-0.3, -0.25) is 10.1 Å². The number of ether oxygens (including phenoxy) is 1. The van der Waals surface area contributed by atoms with E-state index in [2.05, 4.69) is 10.6 Å². The summed E-state index contributed by atoms with van der Waals surface area (Å²) in [7, 11) is 0. The summed E-state index contributed by atoms with van der Waals surface area (Å²) in [6, 6.07) is 11.2. The van der Waals surface area contributed by atoms with Crippen molar-refractivity contribution in [2.24, 2.45) is 5.73 Å². The Kier molecular flexibility index (Phi) is 12.9. The number of para-hydroxylation sites is 1. The molecule has 29 heavy (non-hydrogen) atoms. The van der Waals surface area contributed by atoms with Gasteiger partial charge in [-0.05, 0) is 31.5 Å². The Morgan fingerprint density at radius 1 is 1.21 bits per heavy atom. The molecule has 1 unspecified atom stereocenters. The maximum atomic E-state index is 15.1. The van der Waals surface area contributed by atoms with Crippen LogP contribution < -0.4 is 21.1 Å². The summed E-state index contributed by atoms with van der Waals surface area (Å²) in [4.78, 5) is 12.1. The van der Waals surface area contributed by atoms with Gasteiger partial charge in [0.15, 0.2) is 11.6 Å². The Labute approximate surface area is 188 Å².